The van der Waals surface area contributed by atoms with Crippen molar-refractivity contribution in [3.05, 3.63) is 46.7 Å². The second-order valence-electron chi connectivity index (χ2n) is 5.25. The predicted molar refractivity (Wildman–Crippen MR) is 74.3 cm³/mol. The Morgan fingerprint density at radius 2 is 2.18 bits per heavy atom. The summed E-state index contributed by atoms with van der Waals surface area (Å²) in [5.41, 5.74) is 8.34. The lowest BCUT2D eigenvalue weighted by Gasteiger charge is -2.32. The van der Waals surface area contributed by atoms with Crippen LogP contribution in [-0.2, 0) is 0 Å². The molecule has 2 unspecified atom stereocenters. The largest absolute Gasteiger partial charge is 0.399 e. The summed E-state index contributed by atoms with van der Waals surface area (Å²) >= 11 is 1.94. The number of hydrogen-bond donors (Lipinski definition) is 1. The van der Waals surface area contributed by atoms with Crippen molar-refractivity contribution < 1.29 is 0 Å². The molecule has 0 fully saturated rings. The monoisotopic (exact) mass is 246 g/mol. The zero-order valence-corrected chi connectivity index (χ0v) is 11.3. The molecule has 1 aliphatic carbocycles. The van der Waals surface area contributed by atoms with Crippen LogP contribution in [0.25, 0.3) is 0 Å². The molecule has 0 radical (unpaired) electrons. The van der Waals surface area contributed by atoms with Crippen molar-refractivity contribution in [1.82, 2.24) is 4.90 Å². The number of allylic oxidation sites excluding steroid dienone is 4. The summed E-state index contributed by atoms with van der Waals surface area (Å²) in [6, 6.07) is 0.482. The second kappa shape index (κ2) is 3.45. The maximum Gasteiger partial charge on any atom is 0.0757 e. The van der Waals surface area contributed by atoms with Gasteiger partial charge in [0.15, 0.2) is 0 Å². The third-order valence-electron chi connectivity index (χ3n) is 4.08. The molecule has 0 saturated heterocycles. The van der Waals surface area contributed by atoms with Crippen LogP contribution in [0.4, 0.5) is 0 Å². The second-order valence-corrected chi connectivity index (χ2v) is 6.38. The van der Waals surface area contributed by atoms with E-state index in [1.54, 1.807) is 0 Å². The van der Waals surface area contributed by atoms with Crippen LogP contribution in [0.1, 0.15) is 13.8 Å². The lowest BCUT2D eigenvalue weighted by Crippen LogP contribution is -2.30. The molecule has 0 saturated carbocycles. The van der Waals surface area contributed by atoms with Gasteiger partial charge >= 0.3 is 0 Å². The van der Waals surface area contributed by atoms with E-state index < -0.39 is 0 Å². The maximum absolute atomic E-state index is 5.91. The molecule has 0 spiro atoms. The van der Waals surface area contributed by atoms with Crippen LogP contribution in [-0.4, -0.2) is 23.2 Å². The summed E-state index contributed by atoms with van der Waals surface area (Å²) in [6.45, 7) is 4.53. The molecule has 2 nitrogen and oxygen atoms in total. The van der Waals surface area contributed by atoms with E-state index in [0.717, 1.165) is 5.70 Å². The van der Waals surface area contributed by atoms with Crippen molar-refractivity contribution >= 4 is 11.8 Å². The molecule has 3 heteroatoms. The Morgan fingerprint density at radius 3 is 2.94 bits per heavy atom. The Morgan fingerprint density at radius 1 is 1.41 bits per heavy atom. The van der Waals surface area contributed by atoms with E-state index in [2.05, 4.69) is 50.1 Å². The van der Waals surface area contributed by atoms with Gasteiger partial charge in [0, 0.05) is 29.5 Å². The molecule has 0 aromatic rings. The van der Waals surface area contributed by atoms with E-state index in [9.17, 15) is 0 Å². The number of nitrogens with two attached hydrogens (primary N) is 1. The fraction of sp³-hybridized carbons (Fsp3) is 0.429. The first-order valence-corrected chi connectivity index (χ1v) is 6.89. The summed E-state index contributed by atoms with van der Waals surface area (Å²) in [4.78, 5) is 2.36. The topological polar surface area (TPSA) is 29.3 Å². The molecular weight excluding hydrogens is 228 g/mol. The molecule has 3 atom stereocenters. The van der Waals surface area contributed by atoms with Crippen LogP contribution < -0.4 is 5.73 Å². The Labute approximate surface area is 107 Å². The first-order chi connectivity index (χ1) is 8.02. The fourth-order valence-electron chi connectivity index (χ4n) is 2.65. The van der Waals surface area contributed by atoms with Crippen molar-refractivity contribution in [3.63, 3.8) is 0 Å². The third-order valence-corrected chi connectivity index (χ3v) is 5.69. The van der Waals surface area contributed by atoms with Gasteiger partial charge in [-0.1, -0.05) is 36.9 Å². The molecule has 2 N–H and O–H groups in total. The molecule has 90 valence electrons. The standard InChI is InChI=1S/C14H18N2S/c1-9-4-5-11-13(16(9)3)17-12-8-10(15)6-7-14(11,12)2/h4-9,12H,15H2,1-3H3/t9?,12-,14?/m1/s1. The number of rotatable bonds is 0. The lowest BCUT2D eigenvalue weighted by molar-refractivity contribution is 0.383. The number of hydrogen-bond acceptors (Lipinski definition) is 3. The van der Waals surface area contributed by atoms with Crippen LogP contribution in [0, 0.1) is 5.41 Å². The molecule has 2 heterocycles. The van der Waals surface area contributed by atoms with Crippen molar-refractivity contribution in [2.24, 2.45) is 11.1 Å². The molecule has 17 heavy (non-hydrogen) atoms. The highest BCUT2D eigenvalue weighted by Crippen LogP contribution is 2.56. The van der Waals surface area contributed by atoms with E-state index in [-0.39, 0.29) is 5.41 Å². The maximum atomic E-state index is 5.91. The zero-order valence-electron chi connectivity index (χ0n) is 10.5. The molecule has 3 rings (SSSR count). The van der Waals surface area contributed by atoms with Crippen LogP contribution >= 0.6 is 11.8 Å². The summed E-state index contributed by atoms with van der Waals surface area (Å²) < 4.78 is 0. The van der Waals surface area contributed by atoms with Crippen molar-refractivity contribution in [2.75, 3.05) is 7.05 Å². The summed E-state index contributed by atoms with van der Waals surface area (Å²) in [5, 5.41) is 1.85. The summed E-state index contributed by atoms with van der Waals surface area (Å²) in [6.07, 6.45) is 11.1. The van der Waals surface area contributed by atoms with Gasteiger partial charge in [-0.3, -0.25) is 0 Å². The molecule has 2 aliphatic heterocycles. The van der Waals surface area contributed by atoms with Crippen LogP contribution in [0.15, 0.2) is 46.7 Å². The van der Waals surface area contributed by atoms with E-state index in [1.165, 1.54) is 10.6 Å². The average molecular weight is 246 g/mol. The van der Waals surface area contributed by atoms with Gasteiger partial charge in [-0.15, -0.1) is 0 Å². The smallest absolute Gasteiger partial charge is 0.0757 e. The third kappa shape index (κ3) is 1.41. The minimum Gasteiger partial charge on any atom is -0.399 e. The highest BCUT2D eigenvalue weighted by atomic mass is 32.2. The quantitative estimate of drug-likeness (QED) is 0.712. The summed E-state index contributed by atoms with van der Waals surface area (Å²) in [5.74, 6) is 0. The Hall–Kier alpha value is -1.09. The Bertz CT molecular complexity index is 486. The fourth-order valence-corrected chi connectivity index (χ4v) is 4.32. The van der Waals surface area contributed by atoms with Gasteiger partial charge in [-0.2, -0.15) is 0 Å². The van der Waals surface area contributed by atoms with Gasteiger partial charge in [-0.25, -0.2) is 0 Å². The highest BCUT2D eigenvalue weighted by Gasteiger charge is 2.45. The van der Waals surface area contributed by atoms with Crippen molar-refractivity contribution in [2.45, 2.75) is 25.1 Å². The molecule has 0 aromatic heterocycles. The Balaban J connectivity index is 2.07. The van der Waals surface area contributed by atoms with E-state index in [1.807, 2.05) is 17.8 Å². The highest BCUT2D eigenvalue weighted by molar-refractivity contribution is 8.04. The minimum atomic E-state index is 0.105. The number of fused-ring (bicyclic) bond motifs is 2. The van der Waals surface area contributed by atoms with Crippen molar-refractivity contribution in [3.8, 4) is 0 Å². The van der Waals surface area contributed by atoms with E-state index in [0.29, 0.717) is 11.3 Å². The van der Waals surface area contributed by atoms with E-state index in [4.69, 9.17) is 5.73 Å². The van der Waals surface area contributed by atoms with Gasteiger partial charge < -0.3 is 10.6 Å². The van der Waals surface area contributed by atoms with Gasteiger partial charge in [-0.05, 0) is 24.6 Å². The molecule has 0 amide bonds. The number of likely N-dealkylation sites (N-methyl/N-ethyl adjacent to an activating group) is 1. The summed E-state index contributed by atoms with van der Waals surface area (Å²) in [7, 11) is 2.17. The van der Waals surface area contributed by atoms with Crippen LogP contribution in [0.5, 0.6) is 0 Å². The number of thioether (sulfide) groups is 1. The van der Waals surface area contributed by atoms with Gasteiger partial charge in [0.1, 0.15) is 0 Å². The Kier molecular flexibility index (Phi) is 2.24. The molecule has 0 aromatic carbocycles. The predicted octanol–water partition coefficient (Wildman–Crippen LogP) is 2.62. The van der Waals surface area contributed by atoms with Crippen LogP contribution in [0.3, 0.4) is 0 Å². The number of nitrogens with zero attached hydrogens (tertiary/aromatic N) is 1. The molecular formula is C14H18N2S. The SMILES string of the molecule is CC1C=CC2=C(S[C@@H]3C=C(N)C=CC23C)N1C. The first kappa shape index (κ1) is 11.0. The molecule has 0 bridgehead atoms. The normalized spacial score (nSPS) is 39.2. The van der Waals surface area contributed by atoms with Gasteiger partial charge in [0.05, 0.1) is 5.03 Å². The van der Waals surface area contributed by atoms with Gasteiger partial charge in [0.2, 0.25) is 0 Å². The first-order valence-electron chi connectivity index (χ1n) is 6.01. The van der Waals surface area contributed by atoms with Crippen LogP contribution in [0.2, 0.25) is 0 Å². The average Bonchev–Trinajstić information content (AvgIpc) is 2.58. The van der Waals surface area contributed by atoms with Gasteiger partial charge in [0.25, 0.3) is 0 Å². The lowest BCUT2D eigenvalue weighted by atomic mass is 9.75. The van der Waals surface area contributed by atoms with Crippen molar-refractivity contribution in [1.29, 1.82) is 0 Å². The zero-order chi connectivity index (χ0) is 12.2. The minimum absolute atomic E-state index is 0.105. The van der Waals surface area contributed by atoms with E-state index >= 15 is 0 Å². The molecule has 3 aliphatic rings.